The Kier molecular flexibility index (Phi) is 5.49. The Balaban J connectivity index is 1.94. The van der Waals surface area contributed by atoms with Crippen molar-refractivity contribution in [2.75, 3.05) is 51.3 Å². The molecule has 21 heavy (non-hydrogen) atoms. The second-order valence-corrected chi connectivity index (χ2v) is 5.30. The monoisotopic (exact) mass is 296 g/mol. The van der Waals surface area contributed by atoms with Gasteiger partial charge >= 0.3 is 0 Å². The number of piperazine rings is 1. The number of aliphatic hydroxyl groups is 1. The summed E-state index contributed by atoms with van der Waals surface area (Å²) in [6.07, 6.45) is -0.456. The van der Waals surface area contributed by atoms with Crippen LogP contribution in [0.25, 0.3) is 0 Å². The summed E-state index contributed by atoms with van der Waals surface area (Å²) in [6, 6.07) is 6.84. The van der Waals surface area contributed by atoms with Crippen LogP contribution < -0.4 is 9.80 Å². The first-order valence-electron chi connectivity index (χ1n) is 7.10. The number of methoxy groups -OCH3 is 1. The average molecular weight is 296 g/mol. The summed E-state index contributed by atoms with van der Waals surface area (Å²) in [5, 5.41) is 20.8. The first kappa shape index (κ1) is 15.7. The zero-order chi connectivity index (χ0) is 15.2. The summed E-state index contributed by atoms with van der Waals surface area (Å²) in [7, 11) is 1.57. The van der Waals surface area contributed by atoms with Crippen molar-refractivity contribution >= 4 is 11.4 Å². The molecule has 0 bridgehead atoms. The highest BCUT2D eigenvalue weighted by Crippen LogP contribution is 2.27. The number of nitrogens with one attached hydrogen (secondary N) is 1. The zero-order valence-electron chi connectivity index (χ0n) is 12.2. The van der Waals surface area contributed by atoms with Gasteiger partial charge in [-0.15, -0.1) is 0 Å². The minimum atomic E-state index is -0.456. The molecule has 1 aromatic carbocycles. The van der Waals surface area contributed by atoms with Gasteiger partial charge in [0.05, 0.1) is 37.7 Å². The van der Waals surface area contributed by atoms with Crippen molar-refractivity contribution in [1.29, 1.82) is 0 Å². The van der Waals surface area contributed by atoms with Crippen LogP contribution in [0.5, 0.6) is 0 Å². The van der Waals surface area contributed by atoms with Gasteiger partial charge in [-0.3, -0.25) is 10.1 Å². The maximum atomic E-state index is 11.1. The van der Waals surface area contributed by atoms with E-state index < -0.39 is 6.10 Å². The van der Waals surface area contributed by atoms with Crippen LogP contribution >= 0.6 is 0 Å². The largest absolute Gasteiger partial charge is 0.385 e. The maximum absolute atomic E-state index is 11.1. The number of hydrogen-bond donors (Lipinski definition) is 2. The van der Waals surface area contributed by atoms with Gasteiger partial charge in [-0.2, -0.15) is 0 Å². The average Bonchev–Trinajstić information content (AvgIpc) is 2.48. The Morgan fingerprint density at radius 3 is 2.71 bits per heavy atom. The third kappa shape index (κ3) is 4.13. The molecule has 0 unspecified atom stereocenters. The molecule has 0 aromatic heterocycles. The molecule has 116 valence electrons. The number of nitro benzene ring substituents is 1. The van der Waals surface area contributed by atoms with Crippen LogP contribution in [0.1, 0.15) is 0 Å². The summed E-state index contributed by atoms with van der Waals surface area (Å²) >= 11 is 0. The number of nitro groups is 1. The zero-order valence-corrected chi connectivity index (χ0v) is 12.2. The highest BCUT2D eigenvalue weighted by atomic mass is 16.6. The number of anilines is 1. The molecule has 1 fully saturated rings. The van der Waals surface area contributed by atoms with Crippen molar-refractivity contribution in [3.8, 4) is 0 Å². The van der Waals surface area contributed by atoms with Crippen molar-refractivity contribution in [2.24, 2.45) is 0 Å². The highest BCUT2D eigenvalue weighted by molar-refractivity contribution is 5.63. The minimum Gasteiger partial charge on any atom is -0.385 e. The summed E-state index contributed by atoms with van der Waals surface area (Å²) in [5.74, 6) is 0. The summed E-state index contributed by atoms with van der Waals surface area (Å²) in [5.41, 5.74) is 0.833. The van der Waals surface area contributed by atoms with E-state index in [1.54, 1.807) is 19.2 Å². The molecule has 0 saturated carbocycles. The van der Waals surface area contributed by atoms with Gasteiger partial charge in [0, 0.05) is 13.2 Å². The molecule has 1 aliphatic heterocycles. The lowest BCUT2D eigenvalue weighted by molar-refractivity contribution is -0.903. The number of rotatable bonds is 6. The van der Waals surface area contributed by atoms with Crippen LogP contribution in [0.15, 0.2) is 24.3 Å². The molecule has 1 aliphatic rings. The van der Waals surface area contributed by atoms with E-state index >= 15 is 0 Å². The number of para-hydroxylation sites is 2. The van der Waals surface area contributed by atoms with Crippen molar-refractivity contribution in [3.63, 3.8) is 0 Å². The SMILES string of the molecule is COC[C@H](O)C[NH+]1CCN(c2ccccc2[N+](=O)[O-])CC1. The first-order valence-corrected chi connectivity index (χ1v) is 7.10. The number of nitrogens with zero attached hydrogens (tertiary/aromatic N) is 2. The van der Waals surface area contributed by atoms with Crippen LogP contribution in [-0.2, 0) is 4.74 Å². The third-order valence-electron chi connectivity index (χ3n) is 3.77. The second kappa shape index (κ2) is 7.35. The Morgan fingerprint density at radius 2 is 2.10 bits per heavy atom. The minimum absolute atomic E-state index is 0.153. The third-order valence-corrected chi connectivity index (χ3v) is 3.77. The molecule has 0 radical (unpaired) electrons. The molecular formula is C14H22N3O4+. The van der Waals surface area contributed by atoms with E-state index in [1.165, 1.54) is 11.0 Å². The first-order chi connectivity index (χ1) is 10.1. The molecule has 2 rings (SSSR count). The number of aliphatic hydroxyl groups excluding tert-OH is 1. The smallest absolute Gasteiger partial charge is 0.292 e. The predicted octanol–water partition coefficient (Wildman–Crippen LogP) is -0.693. The van der Waals surface area contributed by atoms with E-state index in [4.69, 9.17) is 4.74 Å². The summed E-state index contributed by atoms with van der Waals surface area (Å²) in [6.45, 7) is 4.20. The lowest BCUT2D eigenvalue weighted by Gasteiger charge is -2.34. The molecule has 1 atom stereocenters. The van der Waals surface area contributed by atoms with Gasteiger partial charge in [0.15, 0.2) is 0 Å². The fraction of sp³-hybridized carbons (Fsp3) is 0.571. The molecule has 0 spiro atoms. The number of ether oxygens (including phenoxy) is 1. The standard InChI is InChI=1S/C14H21N3O4/c1-21-11-12(18)10-15-6-8-16(9-7-15)13-4-2-3-5-14(13)17(19)20/h2-5,12,18H,6-11H2,1H3/p+1/t12-/m1/s1. The molecule has 1 aromatic rings. The van der Waals surface area contributed by atoms with Crippen molar-refractivity contribution in [2.45, 2.75) is 6.10 Å². The van der Waals surface area contributed by atoms with Crippen molar-refractivity contribution in [3.05, 3.63) is 34.4 Å². The van der Waals surface area contributed by atoms with Crippen LogP contribution in [0.2, 0.25) is 0 Å². The fourth-order valence-corrected chi connectivity index (χ4v) is 2.74. The van der Waals surface area contributed by atoms with Gasteiger partial charge in [-0.25, -0.2) is 0 Å². The normalized spacial score (nSPS) is 17.7. The molecule has 7 nitrogen and oxygen atoms in total. The van der Waals surface area contributed by atoms with Crippen LogP contribution in [0, 0.1) is 10.1 Å². The second-order valence-electron chi connectivity index (χ2n) is 5.30. The van der Waals surface area contributed by atoms with Crippen molar-refractivity contribution < 1.29 is 19.7 Å². The Morgan fingerprint density at radius 1 is 1.43 bits per heavy atom. The molecule has 2 N–H and O–H groups in total. The predicted molar refractivity (Wildman–Crippen MR) is 78.8 cm³/mol. The molecule has 1 heterocycles. The van der Waals surface area contributed by atoms with Gasteiger partial charge in [0.1, 0.15) is 18.3 Å². The van der Waals surface area contributed by atoms with Gasteiger partial charge in [-0.05, 0) is 6.07 Å². The maximum Gasteiger partial charge on any atom is 0.292 e. The van der Waals surface area contributed by atoms with Gasteiger partial charge < -0.3 is 19.6 Å². The molecule has 0 amide bonds. The molecule has 0 aliphatic carbocycles. The summed E-state index contributed by atoms with van der Waals surface area (Å²) in [4.78, 5) is 14.1. The van der Waals surface area contributed by atoms with Crippen molar-refractivity contribution in [1.82, 2.24) is 0 Å². The topological polar surface area (TPSA) is 80.3 Å². The van der Waals surface area contributed by atoms with Gasteiger partial charge in [0.25, 0.3) is 5.69 Å². The highest BCUT2D eigenvalue weighted by Gasteiger charge is 2.26. The summed E-state index contributed by atoms with van der Waals surface area (Å²) < 4.78 is 4.93. The van der Waals surface area contributed by atoms with E-state index in [2.05, 4.69) is 0 Å². The van der Waals surface area contributed by atoms with E-state index in [0.717, 1.165) is 26.2 Å². The fourth-order valence-electron chi connectivity index (χ4n) is 2.74. The molecule has 7 heteroatoms. The van der Waals surface area contributed by atoms with E-state index in [-0.39, 0.29) is 10.6 Å². The van der Waals surface area contributed by atoms with Gasteiger partial charge in [-0.1, -0.05) is 12.1 Å². The Bertz CT molecular complexity index is 475. The number of benzene rings is 1. The Labute approximate surface area is 123 Å². The Hall–Kier alpha value is -1.70. The van der Waals surface area contributed by atoms with E-state index in [1.807, 2.05) is 11.0 Å². The quantitative estimate of drug-likeness (QED) is 0.536. The lowest BCUT2D eigenvalue weighted by atomic mass is 10.2. The van der Waals surface area contributed by atoms with E-state index in [0.29, 0.717) is 18.8 Å². The number of quaternary nitrogens is 1. The molecular weight excluding hydrogens is 274 g/mol. The lowest BCUT2D eigenvalue weighted by Crippen LogP contribution is -3.16. The van der Waals surface area contributed by atoms with Crippen LogP contribution in [-0.4, -0.2) is 62.6 Å². The van der Waals surface area contributed by atoms with Crippen LogP contribution in [0.4, 0.5) is 11.4 Å². The molecule has 1 saturated heterocycles. The van der Waals surface area contributed by atoms with Crippen LogP contribution in [0.3, 0.4) is 0 Å². The van der Waals surface area contributed by atoms with Gasteiger partial charge in [0.2, 0.25) is 0 Å². The van der Waals surface area contributed by atoms with E-state index in [9.17, 15) is 15.2 Å². The number of hydrogen-bond acceptors (Lipinski definition) is 5.